The summed E-state index contributed by atoms with van der Waals surface area (Å²) in [6.45, 7) is 12.5. The van der Waals surface area contributed by atoms with E-state index in [-0.39, 0.29) is 11.9 Å². The lowest BCUT2D eigenvalue weighted by Gasteiger charge is -2.30. The first kappa shape index (κ1) is 17.4. The number of nitrogens with zero attached hydrogens (tertiary/aromatic N) is 1. The van der Waals surface area contributed by atoms with Crippen molar-refractivity contribution in [1.29, 1.82) is 0 Å². The number of carbonyl (C=O) groups excluding carboxylic acids is 1. The van der Waals surface area contributed by atoms with E-state index in [1.54, 1.807) is 0 Å². The topological polar surface area (TPSA) is 44.4 Å². The first-order valence-corrected chi connectivity index (χ1v) is 8.29. The Bertz CT molecular complexity index is 275. The Labute approximate surface area is 124 Å². The predicted octanol–water partition coefficient (Wildman–Crippen LogP) is 2.00. The van der Waals surface area contributed by atoms with Crippen LogP contribution in [0, 0.1) is 5.92 Å². The maximum absolute atomic E-state index is 12.2. The summed E-state index contributed by atoms with van der Waals surface area (Å²) in [5, 5.41) is 6.60. The van der Waals surface area contributed by atoms with Gasteiger partial charge in [-0.2, -0.15) is 0 Å². The summed E-state index contributed by atoms with van der Waals surface area (Å²) in [6, 6.07) is 0.539. The molecule has 0 aromatic carbocycles. The van der Waals surface area contributed by atoms with Crippen LogP contribution < -0.4 is 10.6 Å². The van der Waals surface area contributed by atoms with Gasteiger partial charge < -0.3 is 10.6 Å². The Balaban J connectivity index is 2.40. The van der Waals surface area contributed by atoms with Crippen LogP contribution in [0.3, 0.4) is 0 Å². The van der Waals surface area contributed by atoms with Crippen molar-refractivity contribution in [2.45, 2.75) is 65.5 Å². The summed E-state index contributed by atoms with van der Waals surface area (Å²) in [5.74, 6) is 0.817. The molecule has 1 amide bonds. The molecule has 4 heteroatoms. The van der Waals surface area contributed by atoms with E-state index in [1.807, 2.05) is 6.92 Å². The van der Waals surface area contributed by atoms with Gasteiger partial charge in [0.15, 0.2) is 0 Å². The molecule has 2 unspecified atom stereocenters. The van der Waals surface area contributed by atoms with E-state index in [1.165, 1.54) is 12.8 Å². The molecule has 1 heterocycles. The molecule has 20 heavy (non-hydrogen) atoms. The highest BCUT2D eigenvalue weighted by molar-refractivity contribution is 5.81. The molecule has 1 aliphatic rings. The van der Waals surface area contributed by atoms with Crippen LogP contribution in [0.25, 0.3) is 0 Å². The minimum absolute atomic E-state index is 0.0236. The van der Waals surface area contributed by atoms with Crippen molar-refractivity contribution in [2.75, 3.05) is 26.2 Å². The van der Waals surface area contributed by atoms with Crippen molar-refractivity contribution in [1.82, 2.24) is 15.5 Å². The third kappa shape index (κ3) is 6.23. The molecule has 0 radical (unpaired) electrons. The van der Waals surface area contributed by atoms with Gasteiger partial charge in [0.05, 0.1) is 6.04 Å². The average Bonchev–Trinajstić information content (AvgIpc) is 2.89. The fourth-order valence-corrected chi connectivity index (χ4v) is 2.72. The second-order valence-electron chi connectivity index (χ2n) is 6.44. The van der Waals surface area contributed by atoms with Crippen LogP contribution >= 0.6 is 0 Å². The van der Waals surface area contributed by atoms with Crippen molar-refractivity contribution >= 4 is 5.91 Å². The molecule has 0 aromatic rings. The molecular weight excluding hydrogens is 250 g/mol. The van der Waals surface area contributed by atoms with E-state index in [0.717, 1.165) is 39.0 Å². The molecule has 2 N–H and O–H groups in total. The van der Waals surface area contributed by atoms with Gasteiger partial charge in [-0.3, -0.25) is 9.69 Å². The summed E-state index contributed by atoms with van der Waals surface area (Å²) < 4.78 is 0. The van der Waals surface area contributed by atoms with E-state index >= 15 is 0 Å². The van der Waals surface area contributed by atoms with E-state index in [0.29, 0.717) is 12.0 Å². The van der Waals surface area contributed by atoms with Gasteiger partial charge in [-0.05, 0) is 51.6 Å². The molecule has 0 aliphatic carbocycles. The number of hydrogen-bond donors (Lipinski definition) is 2. The van der Waals surface area contributed by atoms with Gasteiger partial charge in [0.1, 0.15) is 0 Å². The smallest absolute Gasteiger partial charge is 0.237 e. The van der Waals surface area contributed by atoms with Gasteiger partial charge in [-0.1, -0.05) is 20.8 Å². The van der Waals surface area contributed by atoms with Crippen LogP contribution in [0.5, 0.6) is 0 Å². The van der Waals surface area contributed by atoms with Crippen LogP contribution in [-0.2, 0) is 4.79 Å². The van der Waals surface area contributed by atoms with E-state index in [9.17, 15) is 4.79 Å². The van der Waals surface area contributed by atoms with Crippen molar-refractivity contribution < 1.29 is 4.79 Å². The lowest BCUT2D eigenvalue weighted by atomic mass is 10.1. The Kier molecular flexibility index (Phi) is 8.15. The predicted molar refractivity (Wildman–Crippen MR) is 84.8 cm³/mol. The lowest BCUT2D eigenvalue weighted by Crippen LogP contribution is -2.49. The summed E-state index contributed by atoms with van der Waals surface area (Å²) in [6.07, 6.45) is 4.65. The Hall–Kier alpha value is -0.610. The lowest BCUT2D eigenvalue weighted by molar-refractivity contribution is -0.126. The highest BCUT2D eigenvalue weighted by atomic mass is 16.2. The SMILES string of the molecule is CCCN(CC1CCCN1)C(C)C(=O)NCCC(C)C. The Morgan fingerprint density at radius 2 is 2.15 bits per heavy atom. The normalized spacial score (nSPS) is 20.6. The Morgan fingerprint density at radius 1 is 1.40 bits per heavy atom. The fourth-order valence-electron chi connectivity index (χ4n) is 2.72. The van der Waals surface area contributed by atoms with Gasteiger partial charge in [-0.15, -0.1) is 0 Å². The van der Waals surface area contributed by atoms with Gasteiger partial charge >= 0.3 is 0 Å². The molecule has 1 saturated heterocycles. The third-order valence-corrected chi connectivity index (χ3v) is 4.08. The number of carbonyl (C=O) groups is 1. The summed E-state index contributed by atoms with van der Waals surface area (Å²) >= 11 is 0. The fraction of sp³-hybridized carbons (Fsp3) is 0.938. The van der Waals surface area contributed by atoms with Crippen LogP contribution in [0.4, 0.5) is 0 Å². The first-order valence-electron chi connectivity index (χ1n) is 8.29. The van der Waals surface area contributed by atoms with Crippen LogP contribution in [0.2, 0.25) is 0 Å². The molecule has 1 fully saturated rings. The van der Waals surface area contributed by atoms with Gasteiger partial charge in [0.2, 0.25) is 5.91 Å². The van der Waals surface area contributed by atoms with E-state index in [2.05, 4.69) is 36.3 Å². The van der Waals surface area contributed by atoms with Crippen LogP contribution in [0.1, 0.15) is 53.4 Å². The van der Waals surface area contributed by atoms with Crippen LogP contribution in [0.15, 0.2) is 0 Å². The largest absolute Gasteiger partial charge is 0.355 e. The molecule has 4 nitrogen and oxygen atoms in total. The average molecular weight is 283 g/mol. The quantitative estimate of drug-likeness (QED) is 0.680. The zero-order chi connectivity index (χ0) is 15.0. The summed E-state index contributed by atoms with van der Waals surface area (Å²) in [5.41, 5.74) is 0. The molecule has 0 saturated carbocycles. The number of rotatable bonds is 9. The molecule has 118 valence electrons. The summed E-state index contributed by atoms with van der Waals surface area (Å²) in [7, 11) is 0. The second kappa shape index (κ2) is 9.35. The maximum Gasteiger partial charge on any atom is 0.237 e. The number of hydrogen-bond acceptors (Lipinski definition) is 3. The minimum atomic E-state index is -0.0236. The second-order valence-corrected chi connectivity index (χ2v) is 6.44. The maximum atomic E-state index is 12.2. The molecule has 0 aromatic heterocycles. The molecule has 0 bridgehead atoms. The van der Waals surface area contributed by atoms with Gasteiger partial charge in [-0.25, -0.2) is 0 Å². The van der Waals surface area contributed by atoms with Crippen molar-refractivity contribution in [3.05, 3.63) is 0 Å². The monoisotopic (exact) mass is 283 g/mol. The minimum Gasteiger partial charge on any atom is -0.355 e. The highest BCUT2D eigenvalue weighted by Crippen LogP contribution is 2.10. The Morgan fingerprint density at radius 3 is 2.70 bits per heavy atom. The van der Waals surface area contributed by atoms with Crippen LogP contribution in [-0.4, -0.2) is 49.1 Å². The molecule has 1 aliphatic heterocycles. The van der Waals surface area contributed by atoms with Crippen molar-refractivity contribution in [2.24, 2.45) is 5.92 Å². The standard InChI is InChI=1S/C16H33N3O/c1-5-11-19(12-15-7-6-9-17-15)14(4)16(20)18-10-8-13(2)3/h13-15,17H,5-12H2,1-4H3,(H,18,20). The first-order chi connectivity index (χ1) is 9.54. The molecular formula is C16H33N3O. The van der Waals surface area contributed by atoms with Crippen molar-refractivity contribution in [3.63, 3.8) is 0 Å². The van der Waals surface area contributed by atoms with Crippen molar-refractivity contribution in [3.8, 4) is 0 Å². The number of amides is 1. The highest BCUT2D eigenvalue weighted by Gasteiger charge is 2.24. The zero-order valence-electron chi connectivity index (χ0n) is 13.7. The molecule has 1 rings (SSSR count). The third-order valence-electron chi connectivity index (χ3n) is 4.08. The molecule has 2 atom stereocenters. The number of nitrogens with one attached hydrogen (secondary N) is 2. The van der Waals surface area contributed by atoms with E-state index < -0.39 is 0 Å². The van der Waals surface area contributed by atoms with Gasteiger partial charge in [0.25, 0.3) is 0 Å². The molecule has 0 spiro atoms. The zero-order valence-corrected chi connectivity index (χ0v) is 13.7. The van der Waals surface area contributed by atoms with Gasteiger partial charge in [0, 0.05) is 19.1 Å². The van der Waals surface area contributed by atoms with E-state index in [4.69, 9.17) is 0 Å². The summed E-state index contributed by atoms with van der Waals surface area (Å²) in [4.78, 5) is 14.6.